The molecule has 1 aliphatic carbocycles. The number of aromatic amines is 1. The number of nitrogens with two attached hydrogens (primary N) is 1. The molecule has 1 aliphatic rings. The van der Waals surface area contributed by atoms with Crippen LogP contribution in [0.15, 0.2) is 42.5 Å². The van der Waals surface area contributed by atoms with Crippen LogP contribution in [0.5, 0.6) is 11.5 Å². The topological polar surface area (TPSA) is 82.4 Å². The third-order valence-electron chi connectivity index (χ3n) is 5.95. The van der Waals surface area contributed by atoms with Crippen molar-refractivity contribution < 1.29 is 14.5 Å². The minimum absolute atomic E-state index is 0.402. The van der Waals surface area contributed by atoms with Gasteiger partial charge in [0.2, 0.25) is 0 Å². The molecule has 0 saturated heterocycles. The fraction of sp³-hybridized carbons (Fsp3) is 0.308. The molecule has 0 saturated carbocycles. The molecule has 0 bridgehead atoms. The summed E-state index contributed by atoms with van der Waals surface area (Å²) in [5.74, 6) is 1.68. The summed E-state index contributed by atoms with van der Waals surface area (Å²) >= 11 is 5.96. The van der Waals surface area contributed by atoms with Gasteiger partial charge in [0.15, 0.2) is 11.5 Å². The molecule has 3 N–H and O–H groups in total. The van der Waals surface area contributed by atoms with Crippen molar-refractivity contribution in [2.45, 2.75) is 45.1 Å². The smallest absolute Gasteiger partial charge is 0.289 e. The molecular weight excluding hydrogens is 422 g/mol. The number of hydrogen-bond donors (Lipinski definition) is 1. The number of nitrogen functional groups attached to an aromatic ring is 1. The first-order valence-electron chi connectivity index (χ1n) is 10.9. The van der Waals surface area contributed by atoms with E-state index >= 15 is 0 Å². The van der Waals surface area contributed by atoms with Crippen LogP contribution in [0.4, 0.5) is 5.82 Å². The number of nitriles is 1. The molecule has 5 nitrogen and oxygen atoms in total. The number of nitrogens with one attached hydrogen (secondary N) is 1. The Bertz CT molecular complexity index is 1150. The van der Waals surface area contributed by atoms with E-state index in [2.05, 4.69) is 11.1 Å². The first-order valence-corrected chi connectivity index (χ1v) is 11.3. The van der Waals surface area contributed by atoms with Crippen LogP contribution in [-0.2, 0) is 19.4 Å². The molecule has 0 spiro atoms. The standard InChI is InChI=1S/C26H26ClN3O2/c1-31-24-14-18(10-13-23(24)32-16-17-8-11-19(27)12-9-17)25-20-6-4-2-3-5-7-22(20)30-26(29)21(25)15-28/h8-14H,2-7,16H2,1H3,(H2,29,30)/p+1. The SMILES string of the molecule is COc1cc(-c2c(C#N)c(N)[nH+]c3c2CCCCCC3)ccc1OCc1ccc(Cl)cc1. The molecule has 164 valence electrons. The van der Waals surface area contributed by atoms with Crippen molar-refractivity contribution in [2.24, 2.45) is 0 Å². The van der Waals surface area contributed by atoms with Gasteiger partial charge in [-0.3, -0.25) is 5.73 Å². The molecule has 0 atom stereocenters. The summed E-state index contributed by atoms with van der Waals surface area (Å²) in [5.41, 5.74) is 11.9. The average Bonchev–Trinajstić information content (AvgIpc) is 2.79. The van der Waals surface area contributed by atoms with Gasteiger partial charge in [-0.25, -0.2) is 4.98 Å². The lowest BCUT2D eigenvalue weighted by molar-refractivity contribution is -0.374. The molecular formula is C26H27ClN3O2+. The molecule has 0 radical (unpaired) electrons. The number of methoxy groups -OCH3 is 1. The maximum absolute atomic E-state index is 9.88. The number of aromatic nitrogens is 1. The van der Waals surface area contributed by atoms with E-state index in [1.807, 2.05) is 42.5 Å². The normalized spacial score (nSPS) is 13.4. The van der Waals surface area contributed by atoms with Crippen molar-refractivity contribution in [1.29, 1.82) is 5.26 Å². The summed E-state index contributed by atoms with van der Waals surface area (Å²) < 4.78 is 11.6. The summed E-state index contributed by atoms with van der Waals surface area (Å²) in [6.45, 7) is 0.402. The van der Waals surface area contributed by atoms with E-state index in [0.29, 0.717) is 34.5 Å². The van der Waals surface area contributed by atoms with Crippen molar-refractivity contribution in [3.63, 3.8) is 0 Å². The quantitative estimate of drug-likeness (QED) is 0.556. The molecule has 0 amide bonds. The zero-order chi connectivity index (χ0) is 22.5. The highest BCUT2D eigenvalue weighted by Gasteiger charge is 2.24. The number of pyridine rings is 1. The van der Waals surface area contributed by atoms with Crippen LogP contribution in [-0.4, -0.2) is 7.11 Å². The molecule has 0 unspecified atom stereocenters. The van der Waals surface area contributed by atoms with E-state index in [-0.39, 0.29) is 0 Å². The molecule has 6 heteroatoms. The minimum atomic E-state index is 0.402. The van der Waals surface area contributed by atoms with Gasteiger partial charge in [0, 0.05) is 22.6 Å². The molecule has 32 heavy (non-hydrogen) atoms. The molecule has 0 fully saturated rings. The average molecular weight is 449 g/mol. The van der Waals surface area contributed by atoms with E-state index in [1.165, 1.54) is 18.4 Å². The van der Waals surface area contributed by atoms with Gasteiger partial charge in [0.05, 0.1) is 7.11 Å². The fourth-order valence-electron chi connectivity index (χ4n) is 4.30. The zero-order valence-electron chi connectivity index (χ0n) is 18.2. The Kier molecular flexibility index (Phi) is 6.82. The summed E-state index contributed by atoms with van der Waals surface area (Å²) in [6.07, 6.45) is 6.50. The van der Waals surface area contributed by atoms with E-state index in [4.69, 9.17) is 26.8 Å². The fourth-order valence-corrected chi connectivity index (χ4v) is 4.43. The van der Waals surface area contributed by atoms with Gasteiger partial charge in [-0.2, -0.15) is 5.26 Å². The van der Waals surface area contributed by atoms with Crippen LogP contribution in [0.1, 0.15) is 48.1 Å². The number of rotatable bonds is 5. The lowest BCUT2D eigenvalue weighted by Crippen LogP contribution is -2.23. The largest absolute Gasteiger partial charge is 0.493 e. The minimum Gasteiger partial charge on any atom is -0.493 e. The van der Waals surface area contributed by atoms with Gasteiger partial charge in [-0.05, 0) is 54.7 Å². The Morgan fingerprint density at radius 1 is 1.03 bits per heavy atom. The van der Waals surface area contributed by atoms with Crippen molar-refractivity contribution in [1.82, 2.24) is 0 Å². The second kappa shape index (κ2) is 9.93. The number of ether oxygens (including phenoxy) is 2. The summed E-state index contributed by atoms with van der Waals surface area (Å²) in [4.78, 5) is 3.30. The van der Waals surface area contributed by atoms with Crippen molar-refractivity contribution in [3.05, 3.63) is 69.9 Å². The second-order valence-corrected chi connectivity index (χ2v) is 8.49. The highest BCUT2D eigenvalue weighted by Crippen LogP contribution is 2.38. The van der Waals surface area contributed by atoms with Gasteiger partial charge in [-0.15, -0.1) is 0 Å². The van der Waals surface area contributed by atoms with Gasteiger partial charge in [0.25, 0.3) is 5.82 Å². The van der Waals surface area contributed by atoms with Crippen molar-refractivity contribution >= 4 is 17.4 Å². The van der Waals surface area contributed by atoms with Crippen LogP contribution >= 0.6 is 11.6 Å². The van der Waals surface area contributed by atoms with E-state index in [1.54, 1.807) is 7.11 Å². The van der Waals surface area contributed by atoms with Crippen LogP contribution in [0.25, 0.3) is 11.1 Å². The monoisotopic (exact) mass is 448 g/mol. The Balaban J connectivity index is 1.72. The lowest BCUT2D eigenvalue weighted by atomic mass is 9.88. The van der Waals surface area contributed by atoms with Gasteiger partial charge in [-0.1, -0.05) is 42.6 Å². The Hall–Kier alpha value is -3.23. The molecule has 1 aromatic heterocycles. The first-order chi connectivity index (χ1) is 15.6. The zero-order valence-corrected chi connectivity index (χ0v) is 19.0. The summed E-state index contributed by atoms with van der Waals surface area (Å²) in [7, 11) is 1.62. The molecule has 4 rings (SSSR count). The van der Waals surface area contributed by atoms with E-state index < -0.39 is 0 Å². The number of hydrogen-bond acceptors (Lipinski definition) is 4. The molecule has 2 aromatic carbocycles. The van der Waals surface area contributed by atoms with E-state index in [0.717, 1.165) is 48.1 Å². The Morgan fingerprint density at radius 2 is 1.78 bits per heavy atom. The number of halogens is 1. The maximum atomic E-state index is 9.88. The maximum Gasteiger partial charge on any atom is 0.289 e. The third kappa shape index (κ3) is 4.66. The van der Waals surface area contributed by atoms with Gasteiger partial charge < -0.3 is 9.47 Å². The lowest BCUT2D eigenvalue weighted by Gasteiger charge is -2.18. The molecule has 1 heterocycles. The first kappa shape index (κ1) is 22.0. The van der Waals surface area contributed by atoms with Crippen LogP contribution < -0.4 is 20.2 Å². The number of benzene rings is 2. The summed E-state index contributed by atoms with van der Waals surface area (Å²) in [6, 6.07) is 15.7. The van der Waals surface area contributed by atoms with Gasteiger partial charge >= 0.3 is 0 Å². The predicted molar refractivity (Wildman–Crippen MR) is 126 cm³/mol. The van der Waals surface area contributed by atoms with Crippen molar-refractivity contribution in [2.75, 3.05) is 12.8 Å². The highest BCUT2D eigenvalue weighted by atomic mass is 35.5. The number of aryl methyl sites for hydroxylation is 1. The number of anilines is 1. The number of nitrogens with zero attached hydrogens (tertiary/aromatic N) is 1. The predicted octanol–water partition coefficient (Wildman–Crippen LogP) is 5.52. The van der Waals surface area contributed by atoms with E-state index in [9.17, 15) is 5.26 Å². The highest BCUT2D eigenvalue weighted by molar-refractivity contribution is 6.30. The molecule has 0 aliphatic heterocycles. The number of H-pyrrole nitrogens is 1. The molecule has 3 aromatic rings. The van der Waals surface area contributed by atoms with Gasteiger partial charge in [0.1, 0.15) is 23.9 Å². The second-order valence-electron chi connectivity index (χ2n) is 8.05. The Morgan fingerprint density at radius 3 is 2.50 bits per heavy atom. The van der Waals surface area contributed by atoms with Crippen LogP contribution in [0, 0.1) is 11.3 Å². The van der Waals surface area contributed by atoms with Crippen LogP contribution in [0.3, 0.4) is 0 Å². The number of fused-ring (bicyclic) bond motifs is 1. The van der Waals surface area contributed by atoms with Crippen molar-refractivity contribution in [3.8, 4) is 28.7 Å². The summed E-state index contributed by atoms with van der Waals surface area (Å²) in [5, 5.41) is 10.6. The Labute approximate surface area is 193 Å². The van der Waals surface area contributed by atoms with Crippen LogP contribution in [0.2, 0.25) is 5.02 Å². The third-order valence-corrected chi connectivity index (χ3v) is 6.20.